The molecule has 0 heterocycles. The fourth-order valence-corrected chi connectivity index (χ4v) is 2.54. The number of hydrogen-bond acceptors (Lipinski definition) is 4. The molecule has 0 unspecified atom stereocenters. The second-order valence-corrected chi connectivity index (χ2v) is 7.18. The number of amides is 1. The van der Waals surface area contributed by atoms with E-state index in [2.05, 4.69) is 0 Å². The maximum atomic E-state index is 12.8. The van der Waals surface area contributed by atoms with Crippen LogP contribution in [0.4, 0.5) is 13.2 Å². The third-order valence-electron chi connectivity index (χ3n) is 2.64. The van der Waals surface area contributed by atoms with Gasteiger partial charge in [-0.2, -0.15) is 18.4 Å². The number of hydrogen-bond donors (Lipinski definition) is 1. The van der Waals surface area contributed by atoms with Gasteiger partial charge in [0.05, 0.1) is 22.1 Å². The van der Waals surface area contributed by atoms with Crippen LogP contribution in [0.2, 0.25) is 0 Å². The first-order chi connectivity index (χ1) is 9.79. The number of benzene rings is 1. The number of carbonyl (C=O) groups is 1. The third kappa shape index (κ3) is 3.98. The van der Waals surface area contributed by atoms with Gasteiger partial charge < -0.3 is 0 Å². The van der Waals surface area contributed by atoms with Gasteiger partial charge >= 0.3 is 6.18 Å². The monoisotopic (exact) mass is 334 g/mol. The Bertz CT molecular complexity index is 741. The van der Waals surface area contributed by atoms with Crippen LogP contribution in [0.25, 0.3) is 0 Å². The second-order valence-electron chi connectivity index (χ2n) is 5.50. The van der Waals surface area contributed by atoms with E-state index in [0.29, 0.717) is 6.07 Å². The highest BCUT2D eigenvalue weighted by Gasteiger charge is 2.35. The van der Waals surface area contributed by atoms with Crippen LogP contribution < -0.4 is 4.72 Å². The minimum atomic E-state index is -4.88. The second kappa shape index (κ2) is 5.61. The van der Waals surface area contributed by atoms with Crippen LogP contribution in [0, 0.1) is 16.7 Å². The summed E-state index contributed by atoms with van der Waals surface area (Å²) in [6.45, 7) is 4.37. The Morgan fingerprint density at radius 1 is 1.23 bits per heavy atom. The number of nitriles is 1. The quantitative estimate of drug-likeness (QED) is 0.900. The van der Waals surface area contributed by atoms with Crippen molar-refractivity contribution in [3.05, 3.63) is 29.3 Å². The van der Waals surface area contributed by atoms with Crippen molar-refractivity contribution in [2.24, 2.45) is 5.41 Å². The molecule has 1 aromatic carbocycles. The Morgan fingerprint density at radius 3 is 2.18 bits per heavy atom. The molecule has 0 radical (unpaired) electrons. The Hall–Kier alpha value is -2.08. The van der Waals surface area contributed by atoms with Gasteiger partial charge in [0, 0.05) is 5.41 Å². The topological polar surface area (TPSA) is 87.0 Å². The van der Waals surface area contributed by atoms with E-state index in [1.165, 1.54) is 26.8 Å². The third-order valence-corrected chi connectivity index (χ3v) is 3.96. The summed E-state index contributed by atoms with van der Waals surface area (Å²) in [5, 5.41) is 8.66. The zero-order valence-corrected chi connectivity index (χ0v) is 12.8. The minimum absolute atomic E-state index is 0.330. The van der Waals surface area contributed by atoms with E-state index in [1.54, 1.807) is 4.72 Å². The number of halogens is 3. The molecule has 120 valence electrons. The van der Waals surface area contributed by atoms with Crippen molar-refractivity contribution in [1.82, 2.24) is 4.72 Å². The number of nitrogens with zero attached hydrogens (tertiary/aromatic N) is 1. The standard InChI is InChI=1S/C13H13F3N2O3S/c1-12(2,3)11(19)18-22(20,21)9-5-4-8(7-17)10(6-9)13(14,15)16/h4-6H,1-3H3,(H,18,19). The van der Waals surface area contributed by atoms with Gasteiger partial charge in [0.1, 0.15) is 0 Å². The van der Waals surface area contributed by atoms with Gasteiger partial charge in [-0.3, -0.25) is 4.79 Å². The van der Waals surface area contributed by atoms with Crippen molar-refractivity contribution in [3.63, 3.8) is 0 Å². The van der Waals surface area contributed by atoms with Crippen LogP contribution >= 0.6 is 0 Å². The number of alkyl halides is 3. The van der Waals surface area contributed by atoms with Crippen molar-refractivity contribution in [2.75, 3.05) is 0 Å². The van der Waals surface area contributed by atoms with Gasteiger partial charge in [0.25, 0.3) is 10.0 Å². The predicted octanol–water partition coefficient (Wildman–Crippen LogP) is 2.43. The first kappa shape index (κ1) is 18.0. The van der Waals surface area contributed by atoms with E-state index in [1.807, 2.05) is 0 Å². The summed E-state index contributed by atoms with van der Waals surface area (Å²) in [6, 6.07) is 3.26. The minimum Gasteiger partial charge on any atom is -0.273 e. The molecule has 0 saturated heterocycles. The first-order valence-corrected chi connectivity index (χ1v) is 7.46. The molecule has 1 amide bonds. The van der Waals surface area contributed by atoms with Gasteiger partial charge in [-0.1, -0.05) is 20.8 Å². The summed E-state index contributed by atoms with van der Waals surface area (Å²) in [5.74, 6) is -0.856. The van der Waals surface area contributed by atoms with Crippen molar-refractivity contribution in [2.45, 2.75) is 31.8 Å². The van der Waals surface area contributed by atoms with E-state index in [0.717, 1.165) is 12.1 Å². The Morgan fingerprint density at radius 2 is 1.77 bits per heavy atom. The molecular formula is C13H13F3N2O3S. The molecule has 0 aromatic heterocycles. The van der Waals surface area contributed by atoms with Gasteiger partial charge in [0.15, 0.2) is 0 Å². The molecular weight excluding hydrogens is 321 g/mol. The summed E-state index contributed by atoms with van der Waals surface area (Å²) in [6.07, 6.45) is -4.88. The number of carbonyl (C=O) groups excluding carboxylic acids is 1. The molecule has 1 N–H and O–H groups in total. The normalized spacial score (nSPS) is 12.6. The largest absolute Gasteiger partial charge is 0.417 e. The zero-order chi connectivity index (χ0) is 17.3. The smallest absolute Gasteiger partial charge is 0.273 e. The lowest BCUT2D eigenvalue weighted by Crippen LogP contribution is -2.39. The summed E-state index contributed by atoms with van der Waals surface area (Å²) in [5.41, 5.74) is -3.11. The molecule has 0 spiro atoms. The lowest BCUT2D eigenvalue weighted by atomic mass is 9.96. The highest BCUT2D eigenvalue weighted by atomic mass is 32.2. The van der Waals surface area contributed by atoms with E-state index in [4.69, 9.17) is 5.26 Å². The summed E-state index contributed by atoms with van der Waals surface area (Å²) in [7, 11) is -4.46. The average Bonchev–Trinajstić information content (AvgIpc) is 2.35. The molecule has 0 aliphatic carbocycles. The number of sulfonamides is 1. The van der Waals surface area contributed by atoms with Crippen molar-refractivity contribution >= 4 is 15.9 Å². The van der Waals surface area contributed by atoms with E-state index in [9.17, 15) is 26.4 Å². The molecule has 22 heavy (non-hydrogen) atoms. The van der Waals surface area contributed by atoms with Crippen LogP contribution in [0.5, 0.6) is 0 Å². The highest BCUT2D eigenvalue weighted by Crippen LogP contribution is 2.33. The zero-order valence-electron chi connectivity index (χ0n) is 11.9. The predicted molar refractivity (Wildman–Crippen MR) is 70.9 cm³/mol. The Labute approximate surface area is 125 Å². The molecule has 0 atom stereocenters. The van der Waals surface area contributed by atoms with E-state index >= 15 is 0 Å². The van der Waals surface area contributed by atoms with Crippen LogP contribution in [0.3, 0.4) is 0 Å². The Balaban J connectivity index is 3.34. The molecule has 0 aliphatic heterocycles. The van der Waals surface area contributed by atoms with Gasteiger partial charge in [-0.15, -0.1) is 0 Å². The molecule has 5 nitrogen and oxygen atoms in total. The van der Waals surface area contributed by atoms with Gasteiger partial charge in [-0.25, -0.2) is 13.1 Å². The molecule has 0 saturated carbocycles. The van der Waals surface area contributed by atoms with Gasteiger partial charge in [-0.05, 0) is 18.2 Å². The van der Waals surface area contributed by atoms with Crippen molar-refractivity contribution < 1.29 is 26.4 Å². The molecule has 1 rings (SSSR count). The summed E-state index contributed by atoms with van der Waals surface area (Å²) < 4.78 is 64.1. The molecule has 0 aliphatic rings. The molecule has 0 fully saturated rings. The highest BCUT2D eigenvalue weighted by molar-refractivity contribution is 7.90. The van der Waals surface area contributed by atoms with E-state index < -0.39 is 43.5 Å². The average molecular weight is 334 g/mol. The van der Waals surface area contributed by atoms with Crippen molar-refractivity contribution in [3.8, 4) is 6.07 Å². The van der Waals surface area contributed by atoms with E-state index in [-0.39, 0.29) is 0 Å². The maximum Gasteiger partial charge on any atom is 0.417 e. The fraction of sp³-hybridized carbons (Fsp3) is 0.385. The van der Waals surface area contributed by atoms with Crippen LogP contribution in [0.1, 0.15) is 31.9 Å². The van der Waals surface area contributed by atoms with Gasteiger partial charge in [0.2, 0.25) is 5.91 Å². The SMILES string of the molecule is CC(C)(C)C(=O)NS(=O)(=O)c1ccc(C#N)c(C(F)(F)F)c1. The van der Waals surface area contributed by atoms with Crippen LogP contribution in [-0.4, -0.2) is 14.3 Å². The molecule has 0 bridgehead atoms. The summed E-state index contributed by atoms with van der Waals surface area (Å²) >= 11 is 0. The number of nitrogens with one attached hydrogen (secondary N) is 1. The molecule has 9 heteroatoms. The summed E-state index contributed by atoms with van der Waals surface area (Å²) in [4.78, 5) is 11.0. The lowest BCUT2D eigenvalue weighted by molar-refractivity contribution is -0.138. The van der Waals surface area contributed by atoms with Crippen LogP contribution in [-0.2, 0) is 21.0 Å². The van der Waals surface area contributed by atoms with Crippen LogP contribution in [0.15, 0.2) is 23.1 Å². The molecule has 1 aromatic rings. The van der Waals surface area contributed by atoms with Crippen molar-refractivity contribution in [1.29, 1.82) is 5.26 Å². The fourth-order valence-electron chi connectivity index (χ4n) is 1.36. The number of rotatable bonds is 2. The lowest BCUT2D eigenvalue weighted by Gasteiger charge is -2.18. The first-order valence-electron chi connectivity index (χ1n) is 5.97. The Kier molecular flexibility index (Phi) is 4.58. The maximum absolute atomic E-state index is 12.8.